The lowest BCUT2D eigenvalue weighted by molar-refractivity contribution is 0.278. The van der Waals surface area contributed by atoms with Crippen molar-refractivity contribution in [3.05, 3.63) is 34.8 Å². The topological polar surface area (TPSA) is 53.3 Å². The fraction of sp³-hybridized carbons (Fsp3) is 0.100. The van der Waals surface area contributed by atoms with Gasteiger partial charge in [0, 0.05) is 23.5 Å². The quantitative estimate of drug-likeness (QED) is 0.708. The van der Waals surface area contributed by atoms with Gasteiger partial charge in [0.25, 0.3) is 0 Å². The molecule has 0 saturated carbocycles. The molecule has 0 spiro atoms. The molecule has 76 valence electrons. The molecule has 0 aliphatic carbocycles. The fourth-order valence-electron chi connectivity index (χ4n) is 1.76. The third-order valence-electron chi connectivity index (χ3n) is 2.42. The summed E-state index contributed by atoms with van der Waals surface area (Å²) in [6.45, 7) is 0.0166. The number of aliphatic hydroxyl groups excluding tert-OH is 1. The summed E-state index contributed by atoms with van der Waals surface area (Å²) < 4.78 is 2.75. The molecule has 3 aromatic heterocycles. The van der Waals surface area contributed by atoms with Gasteiger partial charge in [-0.25, -0.2) is 4.98 Å². The first kappa shape index (κ1) is 8.94. The SMILES string of the molecule is OCc1cc2c(ccn3cc(Br)nc23)[nH]1. The van der Waals surface area contributed by atoms with Crippen molar-refractivity contribution < 1.29 is 5.11 Å². The van der Waals surface area contributed by atoms with Crippen LogP contribution in [0.1, 0.15) is 5.69 Å². The zero-order chi connectivity index (χ0) is 10.4. The molecule has 3 heterocycles. The number of aromatic amines is 1. The lowest BCUT2D eigenvalue weighted by Crippen LogP contribution is -1.81. The Hall–Kier alpha value is -1.33. The van der Waals surface area contributed by atoms with Crippen LogP contribution in [-0.2, 0) is 6.61 Å². The molecule has 0 aliphatic heterocycles. The number of aromatic nitrogens is 3. The number of hydrogen-bond donors (Lipinski definition) is 2. The first-order valence-electron chi connectivity index (χ1n) is 4.53. The number of hydrogen-bond acceptors (Lipinski definition) is 2. The van der Waals surface area contributed by atoms with Crippen LogP contribution >= 0.6 is 15.9 Å². The molecular formula is C10H8BrN3O. The van der Waals surface area contributed by atoms with E-state index in [4.69, 9.17) is 5.11 Å². The number of nitrogens with one attached hydrogen (secondary N) is 1. The highest BCUT2D eigenvalue weighted by Gasteiger charge is 2.06. The molecular weight excluding hydrogens is 258 g/mol. The van der Waals surface area contributed by atoms with Gasteiger partial charge < -0.3 is 14.5 Å². The second kappa shape index (κ2) is 3.08. The zero-order valence-corrected chi connectivity index (χ0v) is 9.32. The highest BCUT2D eigenvalue weighted by atomic mass is 79.9. The standard InChI is InChI=1S/C10H8BrN3O/c11-9-4-14-2-1-8-7(10(14)13-9)3-6(5-15)12-8/h1-4,12,15H,5H2. The number of halogens is 1. The van der Waals surface area contributed by atoms with Crippen LogP contribution in [0.25, 0.3) is 16.6 Å². The Labute approximate surface area is 93.7 Å². The van der Waals surface area contributed by atoms with Crippen molar-refractivity contribution in [2.24, 2.45) is 0 Å². The predicted octanol–water partition coefficient (Wildman–Crippen LogP) is 2.07. The number of imidazole rings is 1. The Morgan fingerprint density at radius 2 is 2.40 bits per heavy atom. The minimum absolute atomic E-state index is 0.0166. The summed E-state index contributed by atoms with van der Waals surface area (Å²) in [5.41, 5.74) is 2.68. The fourth-order valence-corrected chi connectivity index (χ4v) is 2.15. The summed E-state index contributed by atoms with van der Waals surface area (Å²) in [4.78, 5) is 7.49. The van der Waals surface area contributed by atoms with Crippen molar-refractivity contribution in [1.82, 2.24) is 14.4 Å². The van der Waals surface area contributed by atoms with Gasteiger partial charge in [-0.15, -0.1) is 0 Å². The number of aliphatic hydroxyl groups is 1. The van der Waals surface area contributed by atoms with Crippen LogP contribution in [-0.4, -0.2) is 19.5 Å². The maximum atomic E-state index is 9.05. The summed E-state index contributed by atoms with van der Waals surface area (Å²) in [6.07, 6.45) is 3.84. The van der Waals surface area contributed by atoms with Crippen LogP contribution in [0.15, 0.2) is 29.1 Å². The molecule has 0 radical (unpaired) electrons. The highest BCUT2D eigenvalue weighted by Crippen LogP contribution is 2.22. The monoisotopic (exact) mass is 265 g/mol. The Kier molecular flexibility index (Phi) is 1.83. The van der Waals surface area contributed by atoms with Gasteiger partial charge in [-0.2, -0.15) is 0 Å². The molecule has 4 nitrogen and oxygen atoms in total. The molecule has 3 rings (SSSR count). The summed E-state index contributed by atoms with van der Waals surface area (Å²) in [6, 6.07) is 3.89. The molecule has 0 unspecified atom stereocenters. The molecule has 0 saturated heterocycles. The van der Waals surface area contributed by atoms with Crippen LogP contribution in [0.3, 0.4) is 0 Å². The summed E-state index contributed by atoms with van der Waals surface area (Å²) in [7, 11) is 0. The Morgan fingerprint density at radius 3 is 3.20 bits per heavy atom. The van der Waals surface area contributed by atoms with Crippen molar-refractivity contribution in [1.29, 1.82) is 0 Å². The van der Waals surface area contributed by atoms with E-state index in [0.717, 1.165) is 26.8 Å². The molecule has 3 aromatic rings. The molecule has 15 heavy (non-hydrogen) atoms. The third-order valence-corrected chi connectivity index (χ3v) is 2.80. The van der Waals surface area contributed by atoms with Gasteiger partial charge in [-0.05, 0) is 28.1 Å². The first-order valence-corrected chi connectivity index (χ1v) is 5.33. The van der Waals surface area contributed by atoms with Crippen LogP contribution in [0, 0.1) is 0 Å². The van der Waals surface area contributed by atoms with Gasteiger partial charge in [-0.1, -0.05) is 0 Å². The minimum atomic E-state index is 0.0166. The second-order valence-electron chi connectivity index (χ2n) is 3.39. The molecule has 0 aliphatic rings. The van der Waals surface area contributed by atoms with Crippen LogP contribution in [0.5, 0.6) is 0 Å². The molecule has 0 bridgehead atoms. The van der Waals surface area contributed by atoms with E-state index in [0.29, 0.717) is 0 Å². The van der Waals surface area contributed by atoms with E-state index in [9.17, 15) is 0 Å². The van der Waals surface area contributed by atoms with E-state index in [-0.39, 0.29) is 6.61 Å². The van der Waals surface area contributed by atoms with Gasteiger partial charge in [0.05, 0.1) is 12.1 Å². The van der Waals surface area contributed by atoms with E-state index in [2.05, 4.69) is 25.9 Å². The van der Waals surface area contributed by atoms with Crippen molar-refractivity contribution in [2.45, 2.75) is 6.61 Å². The molecule has 2 N–H and O–H groups in total. The van der Waals surface area contributed by atoms with E-state index in [1.807, 2.05) is 28.9 Å². The maximum absolute atomic E-state index is 9.05. The van der Waals surface area contributed by atoms with Gasteiger partial charge in [0.1, 0.15) is 10.3 Å². The Morgan fingerprint density at radius 1 is 1.53 bits per heavy atom. The zero-order valence-electron chi connectivity index (χ0n) is 7.74. The number of nitrogens with zero attached hydrogens (tertiary/aromatic N) is 2. The average molecular weight is 266 g/mol. The van der Waals surface area contributed by atoms with Crippen molar-refractivity contribution in [3.63, 3.8) is 0 Å². The van der Waals surface area contributed by atoms with Crippen molar-refractivity contribution in [2.75, 3.05) is 0 Å². The summed E-state index contributed by atoms with van der Waals surface area (Å²) >= 11 is 3.34. The second-order valence-corrected chi connectivity index (χ2v) is 4.20. The lowest BCUT2D eigenvalue weighted by atomic mass is 10.3. The first-order chi connectivity index (χ1) is 7.28. The number of pyridine rings is 1. The van der Waals surface area contributed by atoms with E-state index < -0.39 is 0 Å². The van der Waals surface area contributed by atoms with Crippen LogP contribution in [0.2, 0.25) is 0 Å². The van der Waals surface area contributed by atoms with Gasteiger partial charge in [-0.3, -0.25) is 0 Å². The Bertz CT molecular complexity index is 640. The van der Waals surface area contributed by atoms with Crippen LogP contribution in [0.4, 0.5) is 0 Å². The Balaban J connectivity index is 2.46. The van der Waals surface area contributed by atoms with Gasteiger partial charge >= 0.3 is 0 Å². The minimum Gasteiger partial charge on any atom is -0.390 e. The largest absolute Gasteiger partial charge is 0.390 e. The van der Waals surface area contributed by atoms with Gasteiger partial charge in [0.2, 0.25) is 0 Å². The number of H-pyrrole nitrogens is 1. The predicted molar refractivity (Wildman–Crippen MR) is 60.7 cm³/mol. The molecule has 0 fully saturated rings. The number of rotatable bonds is 1. The molecule has 0 amide bonds. The molecule has 0 aromatic carbocycles. The average Bonchev–Trinajstić information content (AvgIpc) is 2.78. The molecule has 0 atom stereocenters. The van der Waals surface area contributed by atoms with E-state index >= 15 is 0 Å². The van der Waals surface area contributed by atoms with Gasteiger partial charge in [0.15, 0.2) is 0 Å². The van der Waals surface area contributed by atoms with E-state index in [1.54, 1.807) is 0 Å². The lowest BCUT2D eigenvalue weighted by Gasteiger charge is -1.93. The smallest absolute Gasteiger partial charge is 0.147 e. The third kappa shape index (κ3) is 1.27. The summed E-state index contributed by atoms with van der Waals surface area (Å²) in [5, 5.41) is 10.1. The van der Waals surface area contributed by atoms with Crippen LogP contribution < -0.4 is 0 Å². The maximum Gasteiger partial charge on any atom is 0.147 e. The van der Waals surface area contributed by atoms with Crippen molar-refractivity contribution in [3.8, 4) is 0 Å². The van der Waals surface area contributed by atoms with E-state index in [1.165, 1.54) is 0 Å². The summed E-state index contributed by atoms with van der Waals surface area (Å²) in [5.74, 6) is 0. The normalized spacial score (nSPS) is 11.6. The highest BCUT2D eigenvalue weighted by molar-refractivity contribution is 9.10. The number of fused-ring (bicyclic) bond motifs is 3. The molecule has 5 heteroatoms. The van der Waals surface area contributed by atoms with Crippen molar-refractivity contribution >= 4 is 32.5 Å².